The molecule has 0 radical (unpaired) electrons. The Morgan fingerprint density at radius 3 is 2.15 bits per heavy atom. The van der Waals surface area contributed by atoms with Gasteiger partial charge in [0.25, 0.3) is 5.91 Å². The molecule has 1 fully saturated rings. The first-order valence-corrected chi connectivity index (χ1v) is 12.6. The van der Waals surface area contributed by atoms with E-state index in [0.29, 0.717) is 41.6 Å². The Morgan fingerprint density at radius 2 is 1.51 bits per heavy atom. The van der Waals surface area contributed by atoms with E-state index in [-0.39, 0.29) is 12.0 Å². The molecule has 0 atom stereocenters. The number of hydrogen-bond donors (Lipinski definition) is 0. The molecule has 0 aromatic heterocycles. The van der Waals surface area contributed by atoms with Gasteiger partial charge in [0.1, 0.15) is 5.71 Å². The molecule has 2 aliphatic rings. The van der Waals surface area contributed by atoms with Crippen LogP contribution in [0.15, 0.2) is 83.5 Å². The Hall–Kier alpha value is -4.79. The van der Waals surface area contributed by atoms with Crippen molar-refractivity contribution < 1.29 is 23.8 Å². The Bertz CT molecular complexity index is 1410. The summed E-state index contributed by atoms with van der Waals surface area (Å²) in [6.45, 7) is 2.65. The summed E-state index contributed by atoms with van der Waals surface area (Å²) in [5.41, 5.74) is 4.38. The van der Waals surface area contributed by atoms with Crippen LogP contribution in [0.2, 0.25) is 0 Å². The second-order valence-corrected chi connectivity index (χ2v) is 9.06. The molecule has 9 heteroatoms. The Kier molecular flexibility index (Phi) is 7.49. The van der Waals surface area contributed by atoms with Crippen LogP contribution < -0.4 is 19.4 Å². The third-order valence-corrected chi connectivity index (χ3v) is 6.82. The highest BCUT2D eigenvalue weighted by Gasteiger charge is 2.32. The van der Waals surface area contributed by atoms with E-state index in [2.05, 4.69) is 4.90 Å². The van der Waals surface area contributed by atoms with Crippen LogP contribution in [0.4, 0.5) is 16.2 Å². The van der Waals surface area contributed by atoms with Gasteiger partial charge < -0.3 is 24.0 Å². The third kappa shape index (κ3) is 5.29. The number of anilines is 2. The maximum absolute atomic E-state index is 13.6. The maximum atomic E-state index is 13.6. The minimum Gasteiger partial charge on any atom is -0.493 e. The molecule has 0 spiro atoms. The fraction of sp³-hybridized carbons (Fsp3) is 0.233. The van der Waals surface area contributed by atoms with Gasteiger partial charge in [0.05, 0.1) is 32.6 Å². The van der Waals surface area contributed by atoms with Crippen LogP contribution in [0.25, 0.3) is 6.08 Å². The lowest BCUT2D eigenvalue weighted by atomic mass is 9.99. The SMILES string of the molecule is COC(=O)N1CCN(c2ccc(/C=C3\C(=O)N(c4ccccc4)N=C3c3ccc(OC)c(OC)c3)cc2)CC1. The fourth-order valence-corrected chi connectivity index (χ4v) is 4.71. The van der Waals surface area contributed by atoms with Gasteiger partial charge in [0, 0.05) is 37.4 Å². The largest absolute Gasteiger partial charge is 0.493 e. The van der Waals surface area contributed by atoms with Crippen molar-refractivity contribution in [1.29, 1.82) is 0 Å². The lowest BCUT2D eigenvalue weighted by Crippen LogP contribution is -2.48. The lowest BCUT2D eigenvalue weighted by Gasteiger charge is -2.35. The maximum Gasteiger partial charge on any atom is 0.409 e. The number of hydrogen-bond acceptors (Lipinski definition) is 7. The van der Waals surface area contributed by atoms with Gasteiger partial charge in [-0.2, -0.15) is 10.1 Å². The smallest absolute Gasteiger partial charge is 0.409 e. The van der Waals surface area contributed by atoms with E-state index in [1.165, 1.54) is 12.1 Å². The van der Waals surface area contributed by atoms with E-state index in [4.69, 9.17) is 19.3 Å². The average molecular weight is 527 g/mol. The van der Waals surface area contributed by atoms with Gasteiger partial charge in [0.2, 0.25) is 0 Å². The van der Waals surface area contributed by atoms with Crippen LogP contribution in [-0.4, -0.2) is 70.1 Å². The van der Waals surface area contributed by atoms with Crippen LogP contribution >= 0.6 is 0 Å². The summed E-state index contributed by atoms with van der Waals surface area (Å²) in [6, 6.07) is 22.9. The number of para-hydroxylation sites is 1. The first kappa shape index (κ1) is 25.8. The van der Waals surface area contributed by atoms with Crippen molar-refractivity contribution in [3.05, 3.63) is 89.5 Å². The molecule has 200 valence electrons. The molecule has 2 heterocycles. The summed E-state index contributed by atoms with van der Waals surface area (Å²) in [4.78, 5) is 29.3. The van der Waals surface area contributed by atoms with E-state index in [0.717, 1.165) is 29.9 Å². The molecule has 3 aromatic carbocycles. The van der Waals surface area contributed by atoms with Gasteiger partial charge in [-0.3, -0.25) is 4.79 Å². The zero-order valence-electron chi connectivity index (χ0n) is 22.2. The topological polar surface area (TPSA) is 83.9 Å². The molecule has 2 aliphatic heterocycles. The van der Waals surface area contributed by atoms with E-state index < -0.39 is 0 Å². The number of carbonyl (C=O) groups is 2. The van der Waals surface area contributed by atoms with Crippen LogP contribution in [0.1, 0.15) is 11.1 Å². The normalized spacial score (nSPS) is 16.4. The molecule has 0 saturated carbocycles. The zero-order chi connectivity index (χ0) is 27.4. The van der Waals surface area contributed by atoms with Gasteiger partial charge in [-0.1, -0.05) is 30.3 Å². The predicted molar refractivity (Wildman–Crippen MR) is 151 cm³/mol. The van der Waals surface area contributed by atoms with Crippen LogP contribution in [-0.2, 0) is 9.53 Å². The molecule has 0 N–H and O–H groups in total. The number of rotatable bonds is 6. The van der Waals surface area contributed by atoms with E-state index in [9.17, 15) is 9.59 Å². The quantitative estimate of drug-likeness (QED) is 0.442. The summed E-state index contributed by atoms with van der Waals surface area (Å²) in [5.74, 6) is 0.938. The Labute approximate surface area is 227 Å². The fourth-order valence-electron chi connectivity index (χ4n) is 4.71. The van der Waals surface area contributed by atoms with Crippen LogP contribution in [0.5, 0.6) is 11.5 Å². The summed E-state index contributed by atoms with van der Waals surface area (Å²) in [6.07, 6.45) is 1.56. The van der Waals surface area contributed by atoms with Crippen molar-refractivity contribution in [1.82, 2.24) is 4.90 Å². The predicted octanol–water partition coefficient (Wildman–Crippen LogP) is 4.43. The third-order valence-electron chi connectivity index (χ3n) is 6.82. The highest BCUT2D eigenvalue weighted by Crippen LogP contribution is 2.33. The van der Waals surface area contributed by atoms with E-state index in [1.54, 1.807) is 25.2 Å². The number of methoxy groups -OCH3 is 3. The number of benzene rings is 3. The number of amides is 2. The summed E-state index contributed by atoms with van der Waals surface area (Å²) < 4.78 is 15.7. The zero-order valence-corrected chi connectivity index (χ0v) is 22.2. The summed E-state index contributed by atoms with van der Waals surface area (Å²) in [5, 5.41) is 6.15. The second kappa shape index (κ2) is 11.3. The van der Waals surface area contributed by atoms with Crippen LogP contribution in [0, 0.1) is 0 Å². The van der Waals surface area contributed by atoms with Gasteiger partial charge in [-0.15, -0.1) is 0 Å². The van der Waals surface area contributed by atoms with Crippen molar-refractivity contribution in [2.24, 2.45) is 5.10 Å². The molecule has 3 aromatic rings. The van der Waals surface area contributed by atoms with E-state index >= 15 is 0 Å². The number of carbonyl (C=O) groups excluding carboxylic acids is 2. The molecule has 2 amide bonds. The Balaban J connectivity index is 1.44. The molecule has 1 saturated heterocycles. The standard InChI is InChI=1S/C30H30N4O5/c1-37-26-14-11-22(20-27(26)38-2)28-25(29(35)34(31-28)24-7-5-4-6-8-24)19-21-9-12-23(13-10-21)32-15-17-33(18-16-32)30(36)39-3/h4-14,19-20H,15-18H2,1-3H3/b25-19-. The molecule has 0 bridgehead atoms. The van der Waals surface area contributed by atoms with Crippen molar-refractivity contribution in [3.63, 3.8) is 0 Å². The van der Waals surface area contributed by atoms with Gasteiger partial charge >= 0.3 is 6.09 Å². The van der Waals surface area contributed by atoms with Crippen molar-refractivity contribution in [3.8, 4) is 11.5 Å². The lowest BCUT2D eigenvalue weighted by molar-refractivity contribution is -0.114. The molecule has 5 rings (SSSR count). The average Bonchev–Trinajstić information content (AvgIpc) is 3.32. The minimum atomic E-state index is -0.297. The number of ether oxygens (including phenoxy) is 3. The number of nitrogens with zero attached hydrogens (tertiary/aromatic N) is 4. The molecule has 0 aliphatic carbocycles. The highest BCUT2D eigenvalue weighted by atomic mass is 16.5. The minimum absolute atomic E-state index is 0.214. The van der Waals surface area contributed by atoms with Gasteiger partial charge in [-0.25, -0.2) is 4.79 Å². The molecular formula is C30H30N4O5. The van der Waals surface area contributed by atoms with E-state index in [1.807, 2.05) is 72.8 Å². The van der Waals surface area contributed by atoms with Gasteiger partial charge in [0.15, 0.2) is 11.5 Å². The second-order valence-electron chi connectivity index (χ2n) is 9.06. The first-order chi connectivity index (χ1) is 19.0. The molecule has 39 heavy (non-hydrogen) atoms. The highest BCUT2D eigenvalue weighted by molar-refractivity contribution is 6.37. The van der Waals surface area contributed by atoms with Crippen molar-refractivity contribution in [2.45, 2.75) is 0 Å². The Morgan fingerprint density at radius 1 is 0.821 bits per heavy atom. The first-order valence-electron chi connectivity index (χ1n) is 12.6. The van der Waals surface area contributed by atoms with Crippen molar-refractivity contribution in [2.75, 3.05) is 57.4 Å². The van der Waals surface area contributed by atoms with Crippen LogP contribution in [0.3, 0.4) is 0 Å². The molecular weight excluding hydrogens is 496 g/mol. The molecule has 9 nitrogen and oxygen atoms in total. The monoisotopic (exact) mass is 526 g/mol. The summed E-state index contributed by atoms with van der Waals surface area (Å²) >= 11 is 0. The number of hydrazone groups is 1. The van der Waals surface area contributed by atoms with Crippen molar-refractivity contribution >= 4 is 35.2 Å². The van der Waals surface area contributed by atoms with Gasteiger partial charge in [-0.05, 0) is 54.1 Å². The number of piperazine rings is 1. The summed E-state index contributed by atoms with van der Waals surface area (Å²) in [7, 11) is 4.56. The molecule has 0 unspecified atom stereocenters.